The van der Waals surface area contributed by atoms with Crippen molar-refractivity contribution in [2.24, 2.45) is 0 Å². The fourth-order valence-electron chi connectivity index (χ4n) is 2.14. The second-order valence-electron chi connectivity index (χ2n) is 4.33. The highest BCUT2D eigenvalue weighted by Gasteiger charge is 2.13. The molecule has 0 unspecified atom stereocenters. The summed E-state index contributed by atoms with van der Waals surface area (Å²) in [5, 5.41) is 10.6. The van der Waals surface area contributed by atoms with Gasteiger partial charge in [-0.25, -0.2) is 0 Å². The van der Waals surface area contributed by atoms with Crippen molar-refractivity contribution in [2.45, 2.75) is 13.3 Å². The molecular weight excluding hydrogens is 240 g/mol. The van der Waals surface area contributed by atoms with Crippen molar-refractivity contribution in [1.29, 1.82) is 0 Å². The molecule has 0 spiro atoms. The van der Waals surface area contributed by atoms with Crippen LogP contribution in [-0.2, 0) is 6.42 Å². The van der Waals surface area contributed by atoms with Gasteiger partial charge in [0.1, 0.15) is 5.82 Å². The quantitative estimate of drug-likeness (QED) is 0.672. The Morgan fingerprint density at radius 2 is 2.26 bits per heavy atom. The first-order valence-electron chi connectivity index (χ1n) is 6.19. The summed E-state index contributed by atoms with van der Waals surface area (Å²) < 4.78 is 0. The molecule has 0 aliphatic heterocycles. The zero-order valence-corrected chi connectivity index (χ0v) is 10.5. The van der Waals surface area contributed by atoms with E-state index in [-0.39, 0.29) is 5.91 Å². The zero-order valence-electron chi connectivity index (χ0n) is 10.5. The molecule has 0 aliphatic carbocycles. The van der Waals surface area contributed by atoms with E-state index in [2.05, 4.69) is 20.5 Å². The number of nitrogens with one attached hydrogen (secondary N) is 3. The van der Waals surface area contributed by atoms with Gasteiger partial charge >= 0.3 is 0 Å². The van der Waals surface area contributed by atoms with E-state index in [1.54, 1.807) is 12.3 Å². The van der Waals surface area contributed by atoms with Gasteiger partial charge in [0.25, 0.3) is 5.91 Å². The predicted octanol–water partition coefficient (Wildman–Crippen LogP) is 2.71. The van der Waals surface area contributed by atoms with Gasteiger partial charge in [-0.15, -0.1) is 0 Å². The summed E-state index contributed by atoms with van der Waals surface area (Å²) in [7, 11) is 0. The minimum Gasteiger partial charge on any atom is -0.361 e. The van der Waals surface area contributed by atoms with Gasteiger partial charge in [0.2, 0.25) is 0 Å². The summed E-state index contributed by atoms with van der Waals surface area (Å²) in [6.45, 7) is 2.02. The minimum absolute atomic E-state index is 0.146. The molecule has 3 aromatic rings. The molecule has 0 radical (unpaired) electrons. The molecule has 0 saturated carbocycles. The van der Waals surface area contributed by atoms with E-state index in [9.17, 15) is 4.79 Å². The molecule has 1 amide bonds. The van der Waals surface area contributed by atoms with Gasteiger partial charge in [0.05, 0.1) is 17.3 Å². The Balaban J connectivity index is 1.94. The van der Waals surface area contributed by atoms with Gasteiger partial charge in [-0.1, -0.05) is 19.1 Å². The van der Waals surface area contributed by atoms with Crippen LogP contribution in [0.2, 0.25) is 0 Å². The van der Waals surface area contributed by atoms with Crippen molar-refractivity contribution in [3.05, 3.63) is 47.8 Å². The number of rotatable bonds is 3. The molecule has 1 aromatic carbocycles. The van der Waals surface area contributed by atoms with Crippen molar-refractivity contribution in [1.82, 2.24) is 15.2 Å². The first-order chi connectivity index (χ1) is 9.29. The highest BCUT2D eigenvalue weighted by molar-refractivity contribution is 6.11. The second-order valence-corrected chi connectivity index (χ2v) is 4.33. The Kier molecular flexibility index (Phi) is 2.79. The summed E-state index contributed by atoms with van der Waals surface area (Å²) in [6.07, 6.45) is 4.37. The highest BCUT2D eigenvalue weighted by atomic mass is 16.1. The maximum absolute atomic E-state index is 12.3. The van der Waals surface area contributed by atoms with Crippen LogP contribution in [0.3, 0.4) is 0 Å². The van der Waals surface area contributed by atoms with Crippen LogP contribution < -0.4 is 5.32 Å². The molecule has 2 aromatic heterocycles. The first kappa shape index (κ1) is 11.5. The molecule has 0 aliphatic rings. The van der Waals surface area contributed by atoms with Crippen molar-refractivity contribution >= 4 is 22.6 Å². The largest absolute Gasteiger partial charge is 0.361 e. The maximum atomic E-state index is 12.3. The van der Waals surface area contributed by atoms with Gasteiger partial charge in [-0.05, 0) is 18.6 Å². The number of hydrogen-bond acceptors (Lipinski definition) is 2. The molecule has 5 heteroatoms. The number of amides is 1. The van der Waals surface area contributed by atoms with Crippen LogP contribution in [0.1, 0.15) is 22.8 Å². The third-order valence-corrected chi connectivity index (χ3v) is 3.17. The number of benzene rings is 1. The number of carbonyl (C=O) groups is 1. The SMILES string of the molecule is CCc1cn[nH]c1NC(=O)c1cccc2cc[nH]c12. The lowest BCUT2D eigenvalue weighted by Gasteiger charge is -2.05. The Hall–Kier alpha value is -2.56. The number of aryl methyl sites for hydroxylation is 1. The molecule has 96 valence electrons. The molecule has 3 rings (SSSR count). The summed E-state index contributed by atoms with van der Waals surface area (Å²) in [5.74, 6) is 0.517. The maximum Gasteiger partial charge on any atom is 0.258 e. The summed E-state index contributed by atoms with van der Waals surface area (Å²) in [4.78, 5) is 15.4. The van der Waals surface area contributed by atoms with Crippen molar-refractivity contribution in [3.63, 3.8) is 0 Å². The number of fused-ring (bicyclic) bond motifs is 1. The lowest BCUT2D eigenvalue weighted by atomic mass is 10.1. The smallest absolute Gasteiger partial charge is 0.258 e. The van der Waals surface area contributed by atoms with Crippen molar-refractivity contribution in [3.8, 4) is 0 Å². The van der Waals surface area contributed by atoms with Gasteiger partial charge in [0, 0.05) is 17.1 Å². The van der Waals surface area contributed by atoms with Crippen LogP contribution in [0, 0.1) is 0 Å². The molecular formula is C14H14N4O. The lowest BCUT2D eigenvalue weighted by Crippen LogP contribution is -2.13. The summed E-state index contributed by atoms with van der Waals surface area (Å²) >= 11 is 0. The number of para-hydroxylation sites is 1. The number of aromatic nitrogens is 3. The second kappa shape index (κ2) is 4.61. The summed E-state index contributed by atoms with van der Waals surface area (Å²) in [5.41, 5.74) is 2.46. The molecule has 3 N–H and O–H groups in total. The van der Waals surface area contributed by atoms with Crippen LogP contribution in [-0.4, -0.2) is 21.1 Å². The monoisotopic (exact) mass is 254 g/mol. The molecule has 0 fully saturated rings. The number of carbonyl (C=O) groups excluding carboxylic acids is 1. The standard InChI is InChI=1S/C14H14N4O/c1-2-9-8-16-18-13(9)17-14(19)11-5-3-4-10-6-7-15-12(10)11/h3-8,15H,2H2,1H3,(H2,16,17,18,19). The van der Waals surface area contributed by atoms with E-state index in [1.165, 1.54) is 0 Å². The highest BCUT2D eigenvalue weighted by Crippen LogP contribution is 2.19. The topological polar surface area (TPSA) is 73.6 Å². The molecule has 5 nitrogen and oxygen atoms in total. The number of anilines is 1. The van der Waals surface area contributed by atoms with Crippen LogP contribution in [0.5, 0.6) is 0 Å². The normalized spacial score (nSPS) is 10.8. The predicted molar refractivity (Wildman–Crippen MR) is 74.2 cm³/mol. The number of nitrogens with zero attached hydrogens (tertiary/aromatic N) is 1. The van der Waals surface area contributed by atoms with Gasteiger partial charge in [0.15, 0.2) is 0 Å². The van der Waals surface area contributed by atoms with Gasteiger partial charge in [-0.3, -0.25) is 9.89 Å². The van der Waals surface area contributed by atoms with Crippen molar-refractivity contribution < 1.29 is 4.79 Å². The minimum atomic E-state index is -0.146. The van der Waals surface area contributed by atoms with E-state index in [4.69, 9.17) is 0 Å². The zero-order chi connectivity index (χ0) is 13.2. The third-order valence-electron chi connectivity index (χ3n) is 3.17. The number of hydrogen-bond donors (Lipinski definition) is 3. The molecule has 19 heavy (non-hydrogen) atoms. The molecule has 2 heterocycles. The summed E-state index contributed by atoms with van der Waals surface area (Å²) in [6, 6.07) is 7.59. The third kappa shape index (κ3) is 1.99. The van der Waals surface area contributed by atoms with E-state index < -0.39 is 0 Å². The Morgan fingerprint density at radius 1 is 1.37 bits per heavy atom. The Bertz CT molecular complexity index is 726. The average Bonchev–Trinajstić information content (AvgIpc) is 3.05. The lowest BCUT2D eigenvalue weighted by molar-refractivity contribution is 0.102. The number of aromatic amines is 2. The van der Waals surface area contributed by atoms with E-state index in [0.717, 1.165) is 22.9 Å². The van der Waals surface area contributed by atoms with Crippen LogP contribution in [0.25, 0.3) is 10.9 Å². The molecule has 0 bridgehead atoms. The Labute approximate surface area is 110 Å². The van der Waals surface area contributed by atoms with Crippen LogP contribution >= 0.6 is 0 Å². The Morgan fingerprint density at radius 3 is 3.11 bits per heavy atom. The fourth-order valence-corrected chi connectivity index (χ4v) is 2.14. The average molecular weight is 254 g/mol. The number of H-pyrrole nitrogens is 2. The van der Waals surface area contributed by atoms with Gasteiger partial charge < -0.3 is 10.3 Å². The van der Waals surface area contributed by atoms with Crippen molar-refractivity contribution in [2.75, 3.05) is 5.32 Å². The fraction of sp³-hybridized carbons (Fsp3) is 0.143. The van der Waals surface area contributed by atoms with Gasteiger partial charge in [-0.2, -0.15) is 5.10 Å². The first-order valence-corrected chi connectivity index (χ1v) is 6.19. The molecule has 0 saturated heterocycles. The molecule has 0 atom stereocenters. The van der Waals surface area contributed by atoms with E-state index >= 15 is 0 Å². The van der Waals surface area contributed by atoms with Crippen LogP contribution in [0.4, 0.5) is 5.82 Å². The van der Waals surface area contributed by atoms with E-state index in [1.807, 2.05) is 31.3 Å². The van der Waals surface area contributed by atoms with E-state index in [0.29, 0.717) is 11.4 Å². The van der Waals surface area contributed by atoms with Crippen LogP contribution in [0.15, 0.2) is 36.7 Å².